The van der Waals surface area contributed by atoms with Gasteiger partial charge >= 0.3 is 5.97 Å². The van der Waals surface area contributed by atoms with Crippen LogP contribution in [0.15, 0.2) is 12.1 Å². The number of hydrogen-bond donors (Lipinski definition) is 3. The van der Waals surface area contributed by atoms with Gasteiger partial charge < -0.3 is 15.7 Å². The summed E-state index contributed by atoms with van der Waals surface area (Å²) < 4.78 is 0. The fraction of sp³-hybridized carbons (Fsp3) is 0.182. The zero-order valence-corrected chi connectivity index (χ0v) is 9.87. The lowest BCUT2D eigenvalue weighted by Gasteiger charge is -2.08. The van der Waals surface area contributed by atoms with Gasteiger partial charge in [0.1, 0.15) is 6.42 Å². The molecule has 3 N–H and O–H groups in total. The first-order valence-corrected chi connectivity index (χ1v) is 5.47. The molecule has 1 aliphatic rings. The Hall–Kier alpha value is -2.08. The van der Waals surface area contributed by atoms with Crippen LogP contribution in [0.4, 0.5) is 11.4 Å². The van der Waals surface area contributed by atoms with E-state index >= 15 is 0 Å². The van der Waals surface area contributed by atoms with Crippen LogP contribution in [-0.2, 0) is 20.8 Å². The van der Waals surface area contributed by atoms with Gasteiger partial charge in [-0.15, -0.1) is 0 Å². The van der Waals surface area contributed by atoms with Crippen molar-refractivity contribution in [1.82, 2.24) is 0 Å². The second kappa shape index (κ2) is 4.66. The molecule has 1 heterocycles. The molecule has 0 saturated carbocycles. The van der Waals surface area contributed by atoms with Crippen molar-refractivity contribution in [1.29, 1.82) is 0 Å². The Bertz CT molecular complexity index is 556. The molecule has 6 nitrogen and oxygen atoms in total. The molecule has 7 heteroatoms. The number of halogens is 1. The molecular weight excluding hydrogens is 260 g/mol. The number of fused-ring (bicyclic) bond motifs is 1. The molecule has 1 aliphatic heterocycles. The number of amides is 2. The summed E-state index contributed by atoms with van der Waals surface area (Å²) in [6, 6.07) is 3.09. The summed E-state index contributed by atoms with van der Waals surface area (Å²) in [4.78, 5) is 32.8. The fourth-order valence-electron chi connectivity index (χ4n) is 1.68. The summed E-state index contributed by atoms with van der Waals surface area (Å²) in [5.41, 5.74) is 1.63. The summed E-state index contributed by atoms with van der Waals surface area (Å²) in [6.07, 6.45) is -0.418. The number of nitrogens with one attached hydrogen (secondary N) is 2. The molecule has 18 heavy (non-hydrogen) atoms. The largest absolute Gasteiger partial charge is 0.481 e. The average molecular weight is 269 g/mol. The van der Waals surface area contributed by atoms with Gasteiger partial charge in [0.2, 0.25) is 11.8 Å². The molecule has 0 saturated heterocycles. The third kappa shape index (κ3) is 2.60. The van der Waals surface area contributed by atoms with Gasteiger partial charge in [-0.25, -0.2) is 0 Å². The van der Waals surface area contributed by atoms with Gasteiger partial charge in [0, 0.05) is 5.69 Å². The lowest BCUT2D eigenvalue weighted by Crippen LogP contribution is -2.16. The molecule has 0 fully saturated rings. The Morgan fingerprint density at radius 1 is 1.44 bits per heavy atom. The molecule has 0 radical (unpaired) electrons. The molecular formula is C11H9ClN2O4. The first kappa shape index (κ1) is 12.4. The number of aliphatic carboxylic acids is 1. The summed E-state index contributed by atoms with van der Waals surface area (Å²) in [5.74, 6) is -2.03. The molecule has 0 atom stereocenters. The van der Waals surface area contributed by atoms with E-state index in [9.17, 15) is 14.4 Å². The minimum atomic E-state index is -1.22. The number of benzene rings is 1. The van der Waals surface area contributed by atoms with Crippen LogP contribution >= 0.6 is 11.6 Å². The van der Waals surface area contributed by atoms with Crippen LogP contribution in [0, 0.1) is 0 Å². The number of carbonyl (C=O) groups is 3. The van der Waals surface area contributed by atoms with Gasteiger partial charge in [-0.2, -0.15) is 0 Å². The van der Waals surface area contributed by atoms with E-state index in [-0.39, 0.29) is 17.4 Å². The van der Waals surface area contributed by atoms with Gasteiger partial charge in [0.15, 0.2) is 0 Å². The van der Waals surface area contributed by atoms with Crippen LogP contribution in [0.25, 0.3) is 0 Å². The van der Waals surface area contributed by atoms with E-state index in [0.29, 0.717) is 11.4 Å². The molecule has 0 spiro atoms. The number of carbonyl (C=O) groups excluding carboxylic acids is 2. The third-order valence-corrected chi connectivity index (χ3v) is 2.72. The van der Waals surface area contributed by atoms with E-state index in [1.807, 2.05) is 0 Å². The molecule has 2 amide bonds. The molecule has 94 valence electrons. The van der Waals surface area contributed by atoms with E-state index in [1.54, 1.807) is 6.07 Å². The predicted molar refractivity (Wildman–Crippen MR) is 64.7 cm³/mol. The molecule has 0 unspecified atom stereocenters. The van der Waals surface area contributed by atoms with E-state index in [2.05, 4.69) is 10.6 Å². The number of rotatable bonds is 3. The number of hydrogen-bond acceptors (Lipinski definition) is 3. The maximum absolute atomic E-state index is 11.3. The highest BCUT2D eigenvalue weighted by atomic mass is 35.5. The SMILES string of the molecule is O=C(O)CC(=O)Nc1cc2c(cc1Cl)NC(=O)C2. The quantitative estimate of drug-likeness (QED) is 0.719. The van der Waals surface area contributed by atoms with Crippen molar-refractivity contribution in [2.75, 3.05) is 10.6 Å². The van der Waals surface area contributed by atoms with Gasteiger partial charge in [0.05, 0.1) is 17.1 Å². The maximum Gasteiger partial charge on any atom is 0.312 e. The second-order valence-corrected chi connectivity index (χ2v) is 4.24. The average Bonchev–Trinajstić information content (AvgIpc) is 2.56. The van der Waals surface area contributed by atoms with Crippen LogP contribution in [-0.4, -0.2) is 22.9 Å². The van der Waals surface area contributed by atoms with E-state index in [4.69, 9.17) is 16.7 Å². The minimum Gasteiger partial charge on any atom is -0.481 e. The molecule has 0 bridgehead atoms. The zero-order valence-electron chi connectivity index (χ0n) is 9.12. The normalized spacial score (nSPS) is 12.8. The molecule has 2 rings (SSSR count). The highest BCUT2D eigenvalue weighted by molar-refractivity contribution is 6.34. The van der Waals surface area contributed by atoms with Gasteiger partial charge in [-0.05, 0) is 17.7 Å². The van der Waals surface area contributed by atoms with Crippen molar-refractivity contribution in [2.24, 2.45) is 0 Å². The van der Waals surface area contributed by atoms with Crippen molar-refractivity contribution in [3.05, 3.63) is 22.7 Å². The summed E-state index contributed by atoms with van der Waals surface area (Å²) >= 11 is 5.92. The Morgan fingerprint density at radius 3 is 2.83 bits per heavy atom. The van der Waals surface area contributed by atoms with Crippen molar-refractivity contribution >= 4 is 40.8 Å². The lowest BCUT2D eigenvalue weighted by atomic mass is 10.1. The van der Waals surface area contributed by atoms with Crippen LogP contribution in [0.2, 0.25) is 5.02 Å². The smallest absolute Gasteiger partial charge is 0.312 e. The Kier molecular flexibility index (Phi) is 3.20. The van der Waals surface area contributed by atoms with E-state index < -0.39 is 18.3 Å². The predicted octanol–water partition coefficient (Wildman–Crippen LogP) is 1.25. The summed E-state index contributed by atoms with van der Waals surface area (Å²) in [5, 5.41) is 13.7. The lowest BCUT2D eigenvalue weighted by molar-refractivity contribution is -0.139. The van der Waals surface area contributed by atoms with Crippen molar-refractivity contribution in [3.63, 3.8) is 0 Å². The topological polar surface area (TPSA) is 95.5 Å². The van der Waals surface area contributed by atoms with Gasteiger partial charge in [-0.1, -0.05) is 11.6 Å². The standard InChI is InChI=1S/C11H9ClN2O4/c12-6-3-7-5(2-9(15)13-7)1-8(6)14-10(16)4-11(17)18/h1,3H,2,4H2,(H,13,15)(H,14,16)(H,17,18). The highest BCUT2D eigenvalue weighted by Crippen LogP contribution is 2.32. The second-order valence-electron chi connectivity index (χ2n) is 3.83. The summed E-state index contributed by atoms with van der Waals surface area (Å²) in [7, 11) is 0. The Morgan fingerprint density at radius 2 is 2.17 bits per heavy atom. The Labute approximate surface area is 107 Å². The van der Waals surface area contributed by atoms with Gasteiger partial charge in [0.25, 0.3) is 0 Å². The van der Waals surface area contributed by atoms with Crippen LogP contribution in [0.1, 0.15) is 12.0 Å². The maximum atomic E-state index is 11.3. The van der Waals surface area contributed by atoms with Crippen molar-refractivity contribution in [3.8, 4) is 0 Å². The summed E-state index contributed by atoms with van der Waals surface area (Å²) in [6.45, 7) is 0. The Balaban J connectivity index is 2.20. The zero-order chi connectivity index (χ0) is 13.3. The minimum absolute atomic E-state index is 0.143. The first-order valence-electron chi connectivity index (χ1n) is 5.09. The first-order chi connectivity index (χ1) is 8.45. The van der Waals surface area contributed by atoms with Crippen molar-refractivity contribution < 1.29 is 19.5 Å². The number of anilines is 2. The molecule has 0 aliphatic carbocycles. The van der Waals surface area contributed by atoms with Crippen LogP contribution in [0.3, 0.4) is 0 Å². The molecule has 1 aromatic carbocycles. The molecule has 1 aromatic rings. The van der Waals surface area contributed by atoms with Gasteiger partial charge in [-0.3, -0.25) is 14.4 Å². The number of carboxylic acid groups (broad SMARTS) is 1. The third-order valence-electron chi connectivity index (χ3n) is 2.40. The highest BCUT2D eigenvalue weighted by Gasteiger charge is 2.20. The van der Waals surface area contributed by atoms with Crippen molar-refractivity contribution in [2.45, 2.75) is 12.8 Å². The molecule has 0 aromatic heterocycles. The van der Waals surface area contributed by atoms with Crippen LogP contribution < -0.4 is 10.6 Å². The fourth-order valence-corrected chi connectivity index (χ4v) is 1.89. The van der Waals surface area contributed by atoms with E-state index in [1.165, 1.54) is 6.07 Å². The van der Waals surface area contributed by atoms with E-state index in [0.717, 1.165) is 5.56 Å². The van der Waals surface area contributed by atoms with Crippen LogP contribution in [0.5, 0.6) is 0 Å². The monoisotopic (exact) mass is 268 g/mol. The number of carboxylic acids is 1.